The second-order valence-electron chi connectivity index (χ2n) is 23.4. The molecule has 0 bridgehead atoms. The number of alkyl halides is 6. The van der Waals surface area contributed by atoms with E-state index in [1.54, 1.807) is 89.5 Å². The van der Waals surface area contributed by atoms with Crippen molar-refractivity contribution >= 4 is 175 Å². The van der Waals surface area contributed by atoms with Crippen LogP contribution in [0.4, 0.5) is 39.5 Å². The van der Waals surface area contributed by atoms with Gasteiger partial charge in [-0.1, -0.05) is 24.2 Å². The molecule has 12 aromatic rings. The van der Waals surface area contributed by atoms with Crippen LogP contribution < -0.4 is 0 Å². The summed E-state index contributed by atoms with van der Waals surface area (Å²) in [6.45, 7) is 10.4. The second-order valence-corrected chi connectivity index (χ2v) is 34.0. The van der Waals surface area contributed by atoms with Gasteiger partial charge in [0.15, 0.2) is 0 Å². The van der Waals surface area contributed by atoms with Crippen molar-refractivity contribution in [2.45, 2.75) is 103 Å². The van der Waals surface area contributed by atoms with Crippen molar-refractivity contribution < 1.29 is 49.2 Å². The van der Waals surface area contributed by atoms with Crippen LogP contribution in [-0.4, -0.2) is 97.8 Å². The summed E-state index contributed by atoms with van der Waals surface area (Å²) in [6, 6.07) is 15.4. The lowest BCUT2D eigenvalue weighted by Crippen LogP contribution is -2.16. The number of hydrogen-bond donors (Lipinski definition) is 0. The molecular formula is C70H59Br6F9N14O2S6. The van der Waals surface area contributed by atoms with Crippen molar-refractivity contribution in [2.75, 3.05) is 14.2 Å². The van der Waals surface area contributed by atoms with Crippen molar-refractivity contribution in [3.63, 3.8) is 0 Å². The summed E-state index contributed by atoms with van der Waals surface area (Å²) >= 11 is 28.3. The maximum Gasteiger partial charge on any atom is 0.396 e. The summed E-state index contributed by atoms with van der Waals surface area (Å²) in [4.78, 5) is 63.6. The van der Waals surface area contributed by atoms with Gasteiger partial charge in [-0.15, -0.1) is 68.0 Å². The molecule has 0 aromatic carbocycles. The molecule has 12 heterocycles. The number of rotatable bonds is 16. The Morgan fingerprint density at radius 1 is 0.393 bits per heavy atom. The van der Waals surface area contributed by atoms with Crippen molar-refractivity contribution in [2.24, 2.45) is 22.1 Å². The molecule has 0 aliphatic heterocycles. The van der Waals surface area contributed by atoms with E-state index in [2.05, 4.69) is 186 Å². The van der Waals surface area contributed by atoms with E-state index in [1.807, 2.05) is 38.2 Å². The SMILES string of the molecule is CC(c1sc(-c2cccnc2)nc1Br)C(F)(F)F.CC(c1sc(-c2cccnc2)nc1Br)C1CC1.CC(c1sc(-c2cncc(F)c2)nc1Br)C(F)(F)F.CC(c1sc(-c2cncc(F)c2)nc1Br)C1CC1.CO/N=C(\C)c1sc(-c2cccnc2)nc1Br.CO/N=C(\C)c1sc(-c2cncc(F)c2)nc1Br. The number of halogens is 15. The third-order valence-electron chi connectivity index (χ3n) is 15.6. The molecule has 0 amide bonds. The summed E-state index contributed by atoms with van der Waals surface area (Å²) in [7, 11) is 3.01. The summed E-state index contributed by atoms with van der Waals surface area (Å²) in [5.41, 5.74) is 6.05. The van der Waals surface area contributed by atoms with Gasteiger partial charge in [-0.05, 0) is 227 Å². The summed E-state index contributed by atoms with van der Waals surface area (Å²) in [5, 5.41) is 12.1. The Morgan fingerprint density at radius 2 is 0.654 bits per heavy atom. The maximum atomic E-state index is 13.2. The predicted molar refractivity (Wildman–Crippen MR) is 428 cm³/mol. The molecule has 4 atom stereocenters. The molecule has 0 saturated heterocycles. The average Bonchev–Trinajstić information content (AvgIpc) is 1.69. The van der Waals surface area contributed by atoms with Crippen LogP contribution in [0.3, 0.4) is 0 Å². The summed E-state index contributed by atoms with van der Waals surface area (Å²) in [6.07, 6.45) is 15.1. The zero-order valence-electron chi connectivity index (χ0n) is 57.1. The van der Waals surface area contributed by atoms with Crippen molar-refractivity contribution in [3.8, 4) is 63.4 Å². The fourth-order valence-corrected chi connectivity index (χ4v) is 20.6. The van der Waals surface area contributed by atoms with Crippen LogP contribution in [0.25, 0.3) is 63.4 Å². The van der Waals surface area contributed by atoms with E-state index in [0.717, 1.165) is 122 Å². The molecule has 4 unspecified atom stereocenters. The van der Waals surface area contributed by atoms with Gasteiger partial charge in [-0.25, -0.2) is 43.1 Å². The lowest BCUT2D eigenvalue weighted by molar-refractivity contribution is -0.146. The minimum atomic E-state index is -4.34. The van der Waals surface area contributed by atoms with E-state index in [1.165, 1.54) is 91.6 Å². The smallest absolute Gasteiger partial charge is 0.396 e. The third-order valence-corrected chi connectivity index (χ3v) is 28.3. The van der Waals surface area contributed by atoms with Gasteiger partial charge in [0, 0.05) is 98.9 Å². The topological polar surface area (TPSA) is 198 Å². The zero-order chi connectivity index (χ0) is 77.4. The molecular weight excluding hydrogens is 1910 g/mol. The van der Waals surface area contributed by atoms with E-state index in [9.17, 15) is 39.5 Å². The number of thiazole rings is 6. The van der Waals surface area contributed by atoms with E-state index >= 15 is 0 Å². The molecule has 2 fully saturated rings. The number of oxime groups is 2. The van der Waals surface area contributed by atoms with Crippen LogP contribution in [0.2, 0.25) is 0 Å². The first-order chi connectivity index (χ1) is 50.9. The molecule has 12 aromatic heterocycles. The van der Waals surface area contributed by atoms with Crippen LogP contribution in [-0.2, 0) is 9.68 Å². The van der Waals surface area contributed by atoms with Gasteiger partial charge in [-0.3, -0.25) is 29.9 Å². The number of aromatic nitrogens is 12. The van der Waals surface area contributed by atoms with E-state index in [4.69, 9.17) is 9.68 Å². The minimum Gasteiger partial charge on any atom is -0.399 e. The molecule has 2 saturated carbocycles. The Morgan fingerprint density at radius 3 is 0.925 bits per heavy atom. The van der Waals surface area contributed by atoms with E-state index in [0.29, 0.717) is 53.9 Å². The molecule has 107 heavy (non-hydrogen) atoms. The van der Waals surface area contributed by atoms with Gasteiger partial charge >= 0.3 is 12.4 Å². The maximum absolute atomic E-state index is 13.2. The fourth-order valence-electron chi connectivity index (χ4n) is 9.47. The molecule has 37 heteroatoms. The Balaban J connectivity index is 0.000000148. The molecule has 16 nitrogen and oxygen atoms in total. The Hall–Kier alpha value is -6.13. The van der Waals surface area contributed by atoms with Crippen molar-refractivity contribution in [1.29, 1.82) is 0 Å². The molecule has 0 radical (unpaired) electrons. The fraction of sp³-hybridized carbons (Fsp3) is 0.286. The quantitative estimate of drug-likeness (QED) is 0.0503. The molecule has 2 aliphatic rings. The van der Waals surface area contributed by atoms with Crippen LogP contribution in [0.1, 0.15) is 120 Å². The van der Waals surface area contributed by atoms with Crippen molar-refractivity contribution in [1.82, 2.24) is 59.8 Å². The molecule has 14 rings (SSSR count). The highest BCUT2D eigenvalue weighted by Crippen LogP contribution is 2.50. The number of hydrogen-bond acceptors (Lipinski definition) is 22. The largest absolute Gasteiger partial charge is 0.399 e. The van der Waals surface area contributed by atoms with Gasteiger partial charge in [-0.2, -0.15) is 26.3 Å². The number of pyridine rings is 6. The monoisotopic (exact) mass is 1960 g/mol. The predicted octanol–water partition coefficient (Wildman–Crippen LogP) is 25.3. The molecule has 0 N–H and O–H groups in total. The highest BCUT2D eigenvalue weighted by Gasteiger charge is 2.41. The number of nitrogens with zero attached hydrogens (tertiary/aromatic N) is 14. The first kappa shape index (κ1) is 84.9. The van der Waals surface area contributed by atoms with Gasteiger partial charge in [0.25, 0.3) is 0 Å². The average molecular weight is 1970 g/mol. The van der Waals surface area contributed by atoms with Crippen molar-refractivity contribution in [3.05, 3.63) is 203 Å². The highest BCUT2D eigenvalue weighted by molar-refractivity contribution is 9.11. The van der Waals surface area contributed by atoms with Crippen LogP contribution >= 0.6 is 164 Å². The Kier molecular flexibility index (Phi) is 31.1. The lowest BCUT2D eigenvalue weighted by atomic mass is 10.1. The minimum absolute atomic E-state index is 0.0618. The second kappa shape index (κ2) is 39.2. The van der Waals surface area contributed by atoms with Gasteiger partial charge in [0.2, 0.25) is 0 Å². The Bertz CT molecular complexity index is 4970. The summed E-state index contributed by atoms with van der Waals surface area (Å²) < 4.78 is 119. The van der Waals surface area contributed by atoms with Crippen LogP contribution in [0.5, 0.6) is 0 Å². The van der Waals surface area contributed by atoms with Gasteiger partial charge in [0.05, 0.1) is 61.4 Å². The molecule has 562 valence electrons. The molecule has 2 aliphatic carbocycles. The van der Waals surface area contributed by atoms with Gasteiger partial charge < -0.3 is 9.68 Å². The first-order valence-electron chi connectivity index (χ1n) is 31.7. The first-order valence-corrected chi connectivity index (χ1v) is 41.4. The normalized spacial score (nSPS) is 14.0. The highest BCUT2D eigenvalue weighted by atomic mass is 79.9. The van der Waals surface area contributed by atoms with Crippen LogP contribution in [0, 0.1) is 29.3 Å². The summed E-state index contributed by atoms with van der Waals surface area (Å²) in [5.74, 6) is -1.61. The van der Waals surface area contributed by atoms with Crippen LogP contribution in [0.15, 0.2) is 167 Å². The van der Waals surface area contributed by atoms with Gasteiger partial charge in [0.1, 0.15) is 89.3 Å². The zero-order valence-corrected chi connectivity index (χ0v) is 71.5. The molecule has 0 spiro atoms. The van der Waals surface area contributed by atoms with E-state index in [-0.39, 0.29) is 30.6 Å². The third kappa shape index (κ3) is 23.9. The van der Waals surface area contributed by atoms with E-state index < -0.39 is 30.0 Å². The standard InChI is InChI=1S/C13H12BrFN2S.C13H13BrN2S.C11H7BrF4N2S.C11H8BrF3N2S.C11H9BrFN3OS.C11H10BrN3OS/c1-7(8-2-3-8)11-12(14)17-13(18-11)9-4-10(15)6-16-5-9;1-8(9-4-5-9)11-12(14)16-13(17-11)10-3-2-6-15-7-10;1-5(11(14,15)16)8-9(12)18-10(19-8)6-2-7(13)4-17-3-6;1-6(11(13,14)15)8-9(12)17-10(18-8)7-3-2-4-16-5-7;1-6(16-17-2)9-10(12)15-11(18-9)7-3-8(13)5-14-4-7;1-7(15-16-2)9-10(12)14-11(17-9)8-4-3-5-13-6-8/h4-8H,2-3H2,1H3;2-3,6-9H,4-5H2,1H3;2-5H,1H3;2-6H,1H3;3-5H,1-2H3;3-6H,1-2H3/b;;;;16-6+;15-7+. The lowest BCUT2D eigenvalue weighted by Gasteiger charge is -2.13. The Labute approximate surface area is 683 Å².